The highest BCUT2D eigenvalue weighted by Crippen LogP contribution is 2.45. The highest BCUT2D eigenvalue weighted by atomic mass is 16.5. The average molecular weight is 476 g/mol. The van der Waals surface area contributed by atoms with Gasteiger partial charge in [0.15, 0.2) is 0 Å². The number of hydrogen-bond acceptors (Lipinski definition) is 6. The van der Waals surface area contributed by atoms with Crippen molar-refractivity contribution in [2.45, 2.75) is 69.3 Å². The molecule has 2 saturated carbocycles. The number of rotatable bonds is 9. The predicted molar refractivity (Wildman–Crippen MR) is 128 cm³/mol. The van der Waals surface area contributed by atoms with E-state index in [1.165, 1.54) is 11.6 Å². The first-order chi connectivity index (χ1) is 17.0. The Morgan fingerprint density at radius 2 is 2.00 bits per heavy atom. The molecule has 2 atom stereocenters. The summed E-state index contributed by atoms with van der Waals surface area (Å²) in [5.41, 5.74) is 2.43. The third-order valence-electron chi connectivity index (χ3n) is 7.02. The third kappa shape index (κ3) is 4.88. The second-order valence-electron chi connectivity index (χ2n) is 9.53. The molecule has 2 aromatic carbocycles. The summed E-state index contributed by atoms with van der Waals surface area (Å²) < 4.78 is 13.6. The Labute approximate surface area is 203 Å². The molecule has 0 amide bonds. The van der Waals surface area contributed by atoms with Crippen LogP contribution < -0.4 is 4.74 Å². The molecule has 8 heteroatoms. The maximum atomic E-state index is 11.7. The summed E-state index contributed by atoms with van der Waals surface area (Å²) in [6.45, 7) is 0.236. The molecule has 0 bridgehead atoms. The number of carboxylic acid groups (broad SMARTS) is 1. The zero-order chi connectivity index (χ0) is 24.5. The van der Waals surface area contributed by atoms with E-state index in [0.29, 0.717) is 22.4 Å². The molecule has 0 saturated heterocycles. The number of carbonyl (C=O) groups is 1. The van der Waals surface area contributed by atoms with E-state index in [1.807, 2.05) is 24.3 Å². The van der Waals surface area contributed by atoms with Crippen LogP contribution in [0, 0.1) is 11.3 Å². The number of aromatic nitrogens is 2. The van der Waals surface area contributed by atoms with Crippen molar-refractivity contribution in [3.63, 3.8) is 0 Å². The van der Waals surface area contributed by atoms with Crippen molar-refractivity contribution >= 4 is 16.9 Å². The van der Waals surface area contributed by atoms with E-state index >= 15 is 0 Å². The Morgan fingerprint density at radius 3 is 2.66 bits per heavy atom. The molecule has 2 unspecified atom stereocenters. The number of fused-ring (bicyclic) bond motifs is 1. The second-order valence-corrected chi connectivity index (χ2v) is 9.53. The number of hydrogen-bond donors (Lipinski definition) is 2. The van der Waals surface area contributed by atoms with Gasteiger partial charge in [-0.05, 0) is 60.9 Å². The van der Waals surface area contributed by atoms with Gasteiger partial charge in [0, 0.05) is 11.6 Å². The number of aliphatic hydroxyl groups excluding tert-OH is 1. The first-order valence-corrected chi connectivity index (χ1v) is 12.1. The lowest BCUT2D eigenvalue weighted by Crippen LogP contribution is -2.31. The average Bonchev–Trinajstić information content (AvgIpc) is 3.42. The monoisotopic (exact) mass is 475 g/mol. The van der Waals surface area contributed by atoms with Gasteiger partial charge in [-0.15, -0.1) is 0 Å². The topological polar surface area (TPSA) is 118 Å². The normalized spacial score (nSPS) is 17.9. The molecule has 5 rings (SSSR count). The molecule has 3 aromatic rings. The van der Waals surface area contributed by atoms with E-state index in [-0.39, 0.29) is 23.8 Å². The van der Waals surface area contributed by atoms with Gasteiger partial charge in [0.25, 0.3) is 0 Å². The van der Waals surface area contributed by atoms with E-state index in [0.717, 1.165) is 44.3 Å². The van der Waals surface area contributed by atoms with Crippen molar-refractivity contribution in [1.29, 1.82) is 5.26 Å². The van der Waals surface area contributed by atoms with Gasteiger partial charge in [-0.3, -0.25) is 4.68 Å². The van der Waals surface area contributed by atoms with Crippen molar-refractivity contribution in [1.82, 2.24) is 9.78 Å². The summed E-state index contributed by atoms with van der Waals surface area (Å²) in [6.07, 6.45) is 6.67. The van der Waals surface area contributed by atoms with Gasteiger partial charge in [-0.25, -0.2) is 4.79 Å². The first-order valence-electron chi connectivity index (χ1n) is 12.1. The molecular weight excluding hydrogens is 446 g/mol. The van der Waals surface area contributed by atoms with Gasteiger partial charge in [-0.2, -0.15) is 10.4 Å². The molecule has 2 fully saturated rings. The quantitative estimate of drug-likeness (QED) is 0.466. The van der Waals surface area contributed by atoms with E-state index in [1.54, 1.807) is 24.1 Å². The number of benzene rings is 2. The summed E-state index contributed by atoms with van der Waals surface area (Å²) in [5, 5.41) is 35.3. The Bertz CT molecular complexity index is 1280. The summed E-state index contributed by atoms with van der Waals surface area (Å²) in [7, 11) is 1.65. The first kappa shape index (κ1) is 23.3. The van der Waals surface area contributed by atoms with Crippen LogP contribution >= 0.6 is 0 Å². The molecule has 182 valence electrons. The van der Waals surface area contributed by atoms with E-state index in [9.17, 15) is 20.3 Å². The molecule has 0 spiro atoms. The van der Waals surface area contributed by atoms with E-state index in [2.05, 4.69) is 5.10 Å². The van der Waals surface area contributed by atoms with Crippen molar-refractivity contribution < 1.29 is 24.5 Å². The summed E-state index contributed by atoms with van der Waals surface area (Å²) in [5.74, 6) is 0.169. The van der Waals surface area contributed by atoms with Gasteiger partial charge in [0.05, 0.1) is 37.0 Å². The fourth-order valence-electron chi connectivity index (χ4n) is 5.04. The molecule has 2 N–H and O–H groups in total. The van der Waals surface area contributed by atoms with Crippen molar-refractivity contribution in [3.8, 4) is 11.8 Å². The summed E-state index contributed by atoms with van der Waals surface area (Å²) >= 11 is 0. The lowest BCUT2D eigenvalue weighted by Gasteiger charge is -2.27. The molecule has 2 aliphatic rings. The third-order valence-corrected chi connectivity index (χ3v) is 7.02. The van der Waals surface area contributed by atoms with E-state index < -0.39 is 18.2 Å². The largest absolute Gasteiger partial charge is 0.496 e. The number of nitrogens with zero attached hydrogens (tertiary/aromatic N) is 3. The fourth-order valence-corrected chi connectivity index (χ4v) is 5.04. The molecule has 0 aliphatic heterocycles. The molecule has 8 nitrogen and oxygen atoms in total. The smallest absolute Gasteiger partial charge is 0.338 e. The van der Waals surface area contributed by atoms with E-state index in [4.69, 9.17) is 9.47 Å². The highest BCUT2D eigenvalue weighted by Gasteiger charge is 2.31. The summed E-state index contributed by atoms with van der Waals surface area (Å²) in [6, 6.07) is 10.8. The van der Waals surface area contributed by atoms with Gasteiger partial charge in [0.2, 0.25) is 0 Å². The Balaban J connectivity index is 1.46. The SMILES string of the molecule is COc1cc(C(O)C(Cn2cc3cc(C#N)cc(C(=O)O)c3n2)OC2CCCC2)ccc1C1CC1. The fraction of sp³-hybridized carbons (Fsp3) is 0.444. The number of methoxy groups -OCH3 is 1. The Morgan fingerprint density at radius 1 is 1.23 bits per heavy atom. The maximum absolute atomic E-state index is 11.7. The standard InChI is InChI=1S/C27H29N3O5/c1-34-23-12-18(8-9-21(23)17-6-7-17)26(31)24(35-20-4-2-3-5-20)15-30-14-19-10-16(13-28)11-22(27(32)33)25(19)29-30/h8-12,14,17,20,24,26,31H,2-7,15H2,1H3,(H,32,33). The molecular formula is C27H29N3O5. The van der Waals surface area contributed by atoms with Crippen LogP contribution in [-0.2, 0) is 11.3 Å². The lowest BCUT2D eigenvalue weighted by molar-refractivity contribution is -0.0844. The van der Waals surface area contributed by atoms with Crippen LogP contribution in [0.25, 0.3) is 10.9 Å². The number of carboxylic acids is 1. The predicted octanol–water partition coefficient (Wildman–Crippen LogP) is 4.55. The second kappa shape index (κ2) is 9.68. The number of aromatic carboxylic acids is 1. The Kier molecular flexibility index (Phi) is 6.46. The zero-order valence-corrected chi connectivity index (χ0v) is 19.7. The van der Waals surface area contributed by atoms with Crippen LogP contribution in [0.4, 0.5) is 0 Å². The minimum atomic E-state index is -1.14. The summed E-state index contributed by atoms with van der Waals surface area (Å²) in [4.78, 5) is 11.7. The van der Waals surface area contributed by atoms with Crippen LogP contribution in [0.2, 0.25) is 0 Å². The molecule has 2 aliphatic carbocycles. The molecule has 0 radical (unpaired) electrons. The highest BCUT2D eigenvalue weighted by molar-refractivity contribution is 6.02. The minimum Gasteiger partial charge on any atom is -0.496 e. The van der Waals surface area contributed by atoms with Gasteiger partial charge >= 0.3 is 5.97 Å². The number of aliphatic hydroxyl groups is 1. The van der Waals surface area contributed by atoms with Gasteiger partial charge in [-0.1, -0.05) is 25.0 Å². The molecule has 35 heavy (non-hydrogen) atoms. The lowest BCUT2D eigenvalue weighted by atomic mass is 9.99. The minimum absolute atomic E-state index is 0.0213. The van der Waals surface area contributed by atoms with Crippen LogP contribution in [0.3, 0.4) is 0 Å². The zero-order valence-electron chi connectivity index (χ0n) is 19.7. The van der Waals surface area contributed by atoms with Crippen LogP contribution in [-0.4, -0.2) is 45.3 Å². The van der Waals surface area contributed by atoms with Crippen LogP contribution in [0.1, 0.15) is 77.6 Å². The van der Waals surface area contributed by atoms with Gasteiger partial charge < -0.3 is 19.7 Å². The van der Waals surface area contributed by atoms with Crippen molar-refractivity contribution in [2.75, 3.05) is 7.11 Å². The number of ether oxygens (including phenoxy) is 2. The van der Waals surface area contributed by atoms with Crippen molar-refractivity contribution in [3.05, 3.63) is 58.8 Å². The maximum Gasteiger partial charge on any atom is 0.338 e. The molecule has 1 aromatic heterocycles. The van der Waals surface area contributed by atoms with Crippen molar-refractivity contribution in [2.24, 2.45) is 0 Å². The van der Waals surface area contributed by atoms with Gasteiger partial charge in [0.1, 0.15) is 23.5 Å². The molecule has 1 heterocycles. The Hall–Kier alpha value is -3.41. The van der Waals surface area contributed by atoms with Crippen LogP contribution in [0.15, 0.2) is 36.5 Å². The number of nitriles is 1. The van der Waals surface area contributed by atoms with Crippen LogP contribution in [0.5, 0.6) is 5.75 Å².